The summed E-state index contributed by atoms with van der Waals surface area (Å²) in [4.78, 5) is 12.5. The first-order valence-electron chi connectivity index (χ1n) is 7.94. The Hall–Kier alpha value is -3.50. The summed E-state index contributed by atoms with van der Waals surface area (Å²) in [7, 11) is 0. The summed E-state index contributed by atoms with van der Waals surface area (Å²) in [6, 6.07) is 15.2. The van der Waals surface area contributed by atoms with Gasteiger partial charge < -0.3 is 10.2 Å². The predicted molar refractivity (Wildman–Crippen MR) is 97.0 cm³/mol. The fourth-order valence-electron chi connectivity index (χ4n) is 2.71. The van der Waals surface area contributed by atoms with E-state index in [1.54, 1.807) is 6.07 Å². The molecule has 7 heteroatoms. The van der Waals surface area contributed by atoms with Crippen LogP contribution in [0.3, 0.4) is 0 Å². The lowest BCUT2D eigenvalue weighted by molar-refractivity contribution is 0.263. The van der Waals surface area contributed by atoms with Gasteiger partial charge in [-0.25, -0.2) is 0 Å². The van der Waals surface area contributed by atoms with Gasteiger partial charge in [-0.2, -0.15) is 10.4 Å². The van der Waals surface area contributed by atoms with Gasteiger partial charge in [-0.1, -0.05) is 30.3 Å². The van der Waals surface area contributed by atoms with Crippen molar-refractivity contribution in [3.8, 4) is 11.9 Å². The largest absolute Gasteiger partial charge is 0.493 e. The van der Waals surface area contributed by atoms with E-state index in [2.05, 4.69) is 10.2 Å². The smallest absolute Gasteiger partial charge is 0.281 e. The lowest BCUT2D eigenvalue weighted by Crippen LogP contribution is -2.23. The SMILES string of the molecule is Cc1c(C#N)c(O)n(CCO)c(=O)c1N=Nc1ccc2ccccc2c1. The van der Waals surface area contributed by atoms with E-state index in [-0.39, 0.29) is 30.0 Å². The molecule has 26 heavy (non-hydrogen) atoms. The van der Waals surface area contributed by atoms with Gasteiger partial charge in [0.05, 0.1) is 18.8 Å². The molecule has 0 aliphatic heterocycles. The van der Waals surface area contributed by atoms with E-state index >= 15 is 0 Å². The average molecular weight is 348 g/mol. The lowest BCUT2D eigenvalue weighted by Gasteiger charge is -2.11. The van der Waals surface area contributed by atoms with Crippen LogP contribution in [0.1, 0.15) is 11.1 Å². The molecule has 0 amide bonds. The monoisotopic (exact) mass is 348 g/mol. The third-order valence-corrected chi connectivity index (χ3v) is 4.09. The Bertz CT molecular complexity index is 1110. The fourth-order valence-corrected chi connectivity index (χ4v) is 2.71. The molecule has 0 saturated heterocycles. The van der Waals surface area contributed by atoms with Crippen molar-refractivity contribution in [1.82, 2.24) is 4.57 Å². The Morgan fingerprint density at radius 1 is 1.15 bits per heavy atom. The first-order valence-corrected chi connectivity index (χ1v) is 7.94. The highest BCUT2D eigenvalue weighted by molar-refractivity contribution is 5.85. The number of hydrogen-bond acceptors (Lipinski definition) is 6. The number of nitrogens with zero attached hydrogens (tertiary/aromatic N) is 4. The molecule has 0 radical (unpaired) electrons. The molecule has 0 fully saturated rings. The number of aromatic hydroxyl groups is 1. The highest BCUT2D eigenvalue weighted by Crippen LogP contribution is 2.27. The number of pyridine rings is 1. The van der Waals surface area contributed by atoms with Crippen LogP contribution >= 0.6 is 0 Å². The molecule has 2 aromatic carbocycles. The molecule has 3 rings (SSSR count). The predicted octanol–water partition coefficient (Wildman–Crippen LogP) is 3.29. The highest BCUT2D eigenvalue weighted by Gasteiger charge is 2.18. The maximum absolute atomic E-state index is 12.5. The summed E-state index contributed by atoms with van der Waals surface area (Å²) in [5.74, 6) is -0.478. The maximum Gasteiger partial charge on any atom is 0.281 e. The zero-order valence-electron chi connectivity index (χ0n) is 14.0. The number of fused-ring (bicyclic) bond motifs is 1. The van der Waals surface area contributed by atoms with Gasteiger partial charge in [0.25, 0.3) is 5.56 Å². The molecule has 0 spiro atoms. The van der Waals surface area contributed by atoms with E-state index < -0.39 is 11.4 Å². The number of rotatable bonds is 4. The van der Waals surface area contributed by atoms with Gasteiger partial charge in [0.15, 0.2) is 5.69 Å². The van der Waals surface area contributed by atoms with Gasteiger partial charge in [0.2, 0.25) is 5.88 Å². The molecule has 0 saturated carbocycles. The molecule has 2 N–H and O–H groups in total. The Balaban J connectivity index is 2.11. The van der Waals surface area contributed by atoms with Crippen LogP contribution in [-0.4, -0.2) is 21.4 Å². The molecule has 0 aliphatic rings. The van der Waals surface area contributed by atoms with Crippen molar-refractivity contribution in [2.24, 2.45) is 10.2 Å². The lowest BCUT2D eigenvalue weighted by atomic mass is 10.1. The van der Waals surface area contributed by atoms with Gasteiger partial charge in [0, 0.05) is 5.56 Å². The third kappa shape index (κ3) is 3.06. The van der Waals surface area contributed by atoms with Crippen molar-refractivity contribution in [2.75, 3.05) is 6.61 Å². The van der Waals surface area contributed by atoms with Crippen LogP contribution in [0.5, 0.6) is 5.88 Å². The van der Waals surface area contributed by atoms with Crippen molar-refractivity contribution >= 4 is 22.1 Å². The zero-order valence-corrected chi connectivity index (χ0v) is 14.0. The summed E-state index contributed by atoms with van der Waals surface area (Å²) in [5.41, 5.74) is 0.0839. The van der Waals surface area contributed by atoms with Gasteiger partial charge in [0.1, 0.15) is 11.6 Å². The van der Waals surface area contributed by atoms with Crippen LogP contribution in [0.2, 0.25) is 0 Å². The number of aliphatic hydroxyl groups excluding tert-OH is 1. The number of aromatic nitrogens is 1. The van der Waals surface area contributed by atoms with Crippen LogP contribution < -0.4 is 5.56 Å². The number of azo groups is 1. The minimum atomic E-state index is -0.613. The molecule has 7 nitrogen and oxygen atoms in total. The summed E-state index contributed by atoms with van der Waals surface area (Å²) in [6.45, 7) is 1.03. The average Bonchev–Trinajstić information content (AvgIpc) is 2.65. The van der Waals surface area contributed by atoms with E-state index in [9.17, 15) is 15.2 Å². The van der Waals surface area contributed by atoms with Gasteiger partial charge in [-0.05, 0) is 29.8 Å². The molecule has 0 unspecified atom stereocenters. The van der Waals surface area contributed by atoms with E-state index in [1.807, 2.05) is 42.5 Å². The summed E-state index contributed by atoms with van der Waals surface area (Å²) < 4.78 is 0.917. The highest BCUT2D eigenvalue weighted by atomic mass is 16.3. The van der Waals surface area contributed by atoms with Crippen LogP contribution in [0.25, 0.3) is 10.8 Å². The van der Waals surface area contributed by atoms with Crippen molar-refractivity contribution in [2.45, 2.75) is 13.5 Å². The summed E-state index contributed by atoms with van der Waals surface area (Å²) in [6.07, 6.45) is 0. The second-order valence-electron chi connectivity index (χ2n) is 5.70. The van der Waals surface area contributed by atoms with Gasteiger partial charge >= 0.3 is 0 Å². The number of nitriles is 1. The summed E-state index contributed by atoms with van der Waals surface area (Å²) in [5, 5.41) is 38.6. The van der Waals surface area contributed by atoms with Crippen molar-refractivity contribution in [3.05, 3.63) is 63.9 Å². The maximum atomic E-state index is 12.5. The third-order valence-electron chi connectivity index (χ3n) is 4.09. The molecular weight excluding hydrogens is 332 g/mol. The second kappa shape index (κ2) is 7.17. The molecule has 130 valence electrons. The molecule has 1 aromatic heterocycles. The van der Waals surface area contributed by atoms with Crippen LogP contribution in [0, 0.1) is 18.3 Å². The topological polar surface area (TPSA) is 111 Å². The molecule has 1 heterocycles. The van der Waals surface area contributed by atoms with Crippen LogP contribution in [-0.2, 0) is 6.54 Å². The van der Waals surface area contributed by atoms with E-state index in [0.717, 1.165) is 15.3 Å². The van der Waals surface area contributed by atoms with Gasteiger partial charge in [-0.15, -0.1) is 5.11 Å². The summed E-state index contributed by atoms with van der Waals surface area (Å²) >= 11 is 0. The molecule has 0 bridgehead atoms. The molecular formula is C19H16N4O3. The minimum absolute atomic E-state index is 0.0408. The van der Waals surface area contributed by atoms with Crippen LogP contribution in [0.15, 0.2) is 57.5 Å². The molecule has 3 aromatic rings. The second-order valence-corrected chi connectivity index (χ2v) is 5.70. The Morgan fingerprint density at radius 2 is 1.88 bits per heavy atom. The number of aliphatic hydroxyl groups is 1. The zero-order chi connectivity index (χ0) is 18.7. The minimum Gasteiger partial charge on any atom is -0.493 e. The van der Waals surface area contributed by atoms with E-state index in [4.69, 9.17) is 5.11 Å². The number of hydrogen-bond donors (Lipinski definition) is 2. The quantitative estimate of drug-likeness (QED) is 0.705. The van der Waals surface area contributed by atoms with Crippen molar-refractivity contribution in [1.29, 1.82) is 5.26 Å². The molecule has 0 atom stereocenters. The standard InChI is InChI=1S/C19H16N4O3/c1-12-16(11-20)18(25)23(8-9-24)19(26)17(12)22-21-15-7-6-13-4-2-3-5-14(13)10-15/h2-7,10,24-25H,8-9H2,1H3. The van der Waals surface area contributed by atoms with Gasteiger partial charge in [-0.3, -0.25) is 9.36 Å². The first-order chi connectivity index (χ1) is 12.6. The number of benzene rings is 2. The first kappa shape index (κ1) is 17.3. The van der Waals surface area contributed by atoms with Crippen molar-refractivity contribution in [3.63, 3.8) is 0 Å². The van der Waals surface area contributed by atoms with Crippen LogP contribution in [0.4, 0.5) is 11.4 Å². The van der Waals surface area contributed by atoms with E-state index in [0.29, 0.717) is 5.69 Å². The Kier molecular flexibility index (Phi) is 4.78. The van der Waals surface area contributed by atoms with E-state index in [1.165, 1.54) is 6.92 Å². The van der Waals surface area contributed by atoms with Crippen molar-refractivity contribution < 1.29 is 10.2 Å². The Morgan fingerprint density at radius 3 is 2.58 bits per heavy atom. The molecule has 0 aliphatic carbocycles. The Labute approximate surface area is 149 Å². The fraction of sp³-hybridized carbons (Fsp3) is 0.158. The normalized spacial score (nSPS) is 11.1.